The molecule has 5 nitrogen and oxygen atoms in total. The molecular weight excluding hydrogens is 396 g/mol. The van der Waals surface area contributed by atoms with Crippen LogP contribution < -0.4 is 4.90 Å². The first-order chi connectivity index (χ1) is 14.5. The number of hydrogen-bond acceptors (Lipinski definition) is 3. The summed E-state index contributed by atoms with van der Waals surface area (Å²) in [5, 5.41) is 5.40. The van der Waals surface area contributed by atoms with Crippen molar-refractivity contribution in [3.63, 3.8) is 0 Å². The van der Waals surface area contributed by atoms with Gasteiger partial charge >= 0.3 is 0 Å². The van der Waals surface area contributed by atoms with Crippen LogP contribution in [0.15, 0.2) is 60.7 Å². The van der Waals surface area contributed by atoms with Gasteiger partial charge in [-0.1, -0.05) is 48.0 Å². The molecule has 1 saturated heterocycles. The summed E-state index contributed by atoms with van der Waals surface area (Å²) in [6.45, 7) is 7.09. The van der Waals surface area contributed by atoms with Crippen molar-refractivity contribution in [3.8, 4) is 5.69 Å². The summed E-state index contributed by atoms with van der Waals surface area (Å²) in [5.41, 5.74) is 5.21. The minimum absolute atomic E-state index is 0.0167. The Morgan fingerprint density at radius 3 is 2.33 bits per heavy atom. The molecule has 2 heterocycles. The molecule has 1 aliphatic heterocycles. The van der Waals surface area contributed by atoms with Crippen molar-refractivity contribution in [1.29, 1.82) is 0 Å². The predicted molar refractivity (Wildman–Crippen MR) is 122 cm³/mol. The van der Waals surface area contributed by atoms with E-state index in [1.807, 2.05) is 59.0 Å². The summed E-state index contributed by atoms with van der Waals surface area (Å²) in [5.74, 6) is 0.0167. The molecule has 4 rings (SSSR count). The number of para-hydroxylation sites is 1. The van der Waals surface area contributed by atoms with Gasteiger partial charge in [-0.25, -0.2) is 4.68 Å². The molecule has 1 amide bonds. The SMILES string of the molecule is Cc1nn(-c2ccccc2)c(C)c1N1CCN(C(=O)/C=C/c2ccccc2Cl)CC1. The summed E-state index contributed by atoms with van der Waals surface area (Å²) in [6, 6.07) is 17.7. The van der Waals surface area contributed by atoms with Crippen LogP contribution in [0.2, 0.25) is 5.02 Å². The minimum Gasteiger partial charge on any atom is -0.365 e. The third-order valence-corrected chi connectivity index (χ3v) is 5.82. The number of halogens is 1. The van der Waals surface area contributed by atoms with Crippen LogP contribution in [-0.2, 0) is 4.79 Å². The molecule has 0 saturated carbocycles. The quantitative estimate of drug-likeness (QED) is 0.583. The van der Waals surface area contributed by atoms with Crippen molar-refractivity contribution in [2.75, 3.05) is 31.1 Å². The maximum atomic E-state index is 12.6. The predicted octanol–water partition coefficient (Wildman–Crippen LogP) is 4.50. The third-order valence-electron chi connectivity index (χ3n) is 5.47. The second-order valence-corrected chi connectivity index (χ2v) is 7.84. The van der Waals surface area contributed by atoms with E-state index in [9.17, 15) is 4.79 Å². The van der Waals surface area contributed by atoms with Crippen LogP contribution in [-0.4, -0.2) is 46.8 Å². The topological polar surface area (TPSA) is 41.4 Å². The van der Waals surface area contributed by atoms with Gasteiger partial charge < -0.3 is 9.80 Å². The van der Waals surface area contributed by atoms with Gasteiger partial charge in [0.15, 0.2) is 0 Å². The molecule has 0 spiro atoms. The van der Waals surface area contributed by atoms with E-state index >= 15 is 0 Å². The highest BCUT2D eigenvalue weighted by molar-refractivity contribution is 6.32. The van der Waals surface area contributed by atoms with Gasteiger partial charge in [-0.3, -0.25) is 4.79 Å². The van der Waals surface area contributed by atoms with E-state index in [0.29, 0.717) is 18.1 Å². The largest absolute Gasteiger partial charge is 0.365 e. The number of rotatable bonds is 4. The molecule has 0 unspecified atom stereocenters. The lowest BCUT2D eigenvalue weighted by Gasteiger charge is -2.35. The first-order valence-electron chi connectivity index (χ1n) is 10.1. The average molecular weight is 421 g/mol. The number of carbonyl (C=O) groups excluding carboxylic acids is 1. The number of hydrogen-bond donors (Lipinski definition) is 0. The Bertz CT molecular complexity index is 1070. The number of carbonyl (C=O) groups is 1. The van der Waals surface area contributed by atoms with Crippen LogP contribution in [0.3, 0.4) is 0 Å². The molecule has 0 aliphatic carbocycles. The molecule has 0 radical (unpaired) electrons. The van der Waals surface area contributed by atoms with Crippen LogP contribution in [0.1, 0.15) is 17.0 Å². The van der Waals surface area contributed by atoms with Gasteiger partial charge in [0.25, 0.3) is 0 Å². The van der Waals surface area contributed by atoms with Crippen LogP contribution in [0.4, 0.5) is 5.69 Å². The van der Waals surface area contributed by atoms with E-state index in [1.54, 1.807) is 12.2 Å². The number of benzene rings is 2. The Labute approximate surface area is 182 Å². The van der Waals surface area contributed by atoms with Crippen molar-refractivity contribution in [3.05, 3.63) is 82.6 Å². The van der Waals surface area contributed by atoms with E-state index in [0.717, 1.165) is 41.4 Å². The molecule has 6 heteroatoms. The zero-order valence-corrected chi connectivity index (χ0v) is 18.0. The summed E-state index contributed by atoms with van der Waals surface area (Å²) < 4.78 is 1.99. The van der Waals surface area contributed by atoms with Crippen molar-refractivity contribution >= 4 is 29.3 Å². The average Bonchev–Trinajstić information content (AvgIpc) is 3.07. The van der Waals surface area contributed by atoms with Gasteiger partial charge in [0.1, 0.15) is 0 Å². The van der Waals surface area contributed by atoms with E-state index in [2.05, 4.69) is 24.0 Å². The van der Waals surface area contributed by atoms with Crippen LogP contribution in [0.25, 0.3) is 11.8 Å². The highest BCUT2D eigenvalue weighted by Crippen LogP contribution is 2.27. The van der Waals surface area contributed by atoms with Crippen molar-refractivity contribution < 1.29 is 4.79 Å². The lowest BCUT2D eigenvalue weighted by atomic mass is 10.2. The fourth-order valence-electron chi connectivity index (χ4n) is 3.94. The fourth-order valence-corrected chi connectivity index (χ4v) is 4.14. The van der Waals surface area contributed by atoms with Gasteiger partial charge in [0, 0.05) is 37.3 Å². The fraction of sp³-hybridized carbons (Fsp3) is 0.250. The van der Waals surface area contributed by atoms with Crippen molar-refractivity contribution in [1.82, 2.24) is 14.7 Å². The smallest absolute Gasteiger partial charge is 0.246 e. The Kier molecular flexibility index (Phi) is 5.91. The maximum Gasteiger partial charge on any atom is 0.246 e. The van der Waals surface area contributed by atoms with Crippen LogP contribution in [0.5, 0.6) is 0 Å². The van der Waals surface area contributed by atoms with Gasteiger partial charge in [-0.2, -0.15) is 5.10 Å². The van der Waals surface area contributed by atoms with Crippen LogP contribution in [0, 0.1) is 13.8 Å². The standard InChI is InChI=1S/C24H25ClN4O/c1-18-24(19(2)29(26-18)21-9-4-3-5-10-21)28-16-14-27(15-17-28)23(30)13-12-20-8-6-7-11-22(20)25/h3-13H,14-17H2,1-2H3/b13-12+. The summed E-state index contributed by atoms with van der Waals surface area (Å²) in [6.07, 6.45) is 3.40. The molecule has 1 aliphatic rings. The van der Waals surface area contributed by atoms with Gasteiger partial charge in [-0.15, -0.1) is 0 Å². The normalized spacial score (nSPS) is 14.5. The van der Waals surface area contributed by atoms with E-state index in [4.69, 9.17) is 16.7 Å². The molecule has 3 aromatic rings. The first-order valence-corrected chi connectivity index (χ1v) is 10.5. The van der Waals surface area contributed by atoms with E-state index in [1.165, 1.54) is 0 Å². The van der Waals surface area contributed by atoms with Gasteiger partial charge in [-0.05, 0) is 43.7 Å². The van der Waals surface area contributed by atoms with E-state index < -0.39 is 0 Å². The number of amides is 1. The zero-order valence-electron chi connectivity index (χ0n) is 17.3. The third kappa shape index (κ3) is 4.12. The lowest BCUT2D eigenvalue weighted by molar-refractivity contribution is -0.126. The highest BCUT2D eigenvalue weighted by atomic mass is 35.5. The Balaban J connectivity index is 1.43. The van der Waals surface area contributed by atoms with Crippen molar-refractivity contribution in [2.45, 2.75) is 13.8 Å². The molecule has 0 bridgehead atoms. The Morgan fingerprint density at radius 2 is 1.63 bits per heavy atom. The van der Waals surface area contributed by atoms with E-state index in [-0.39, 0.29) is 5.91 Å². The summed E-state index contributed by atoms with van der Waals surface area (Å²) in [7, 11) is 0. The molecule has 1 fully saturated rings. The molecule has 1 aromatic heterocycles. The van der Waals surface area contributed by atoms with Crippen LogP contribution >= 0.6 is 11.6 Å². The summed E-state index contributed by atoms with van der Waals surface area (Å²) in [4.78, 5) is 16.8. The monoisotopic (exact) mass is 420 g/mol. The molecule has 2 aromatic carbocycles. The Hall–Kier alpha value is -3.05. The first kappa shape index (κ1) is 20.2. The molecule has 30 heavy (non-hydrogen) atoms. The van der Waals surface area contributed by atoms with Gasteiger partial charge in [0.05, 0.1) is 22.8 Å². The molecule has 154 valence electrons. The van der Waals surface area contributed by atoms with Gasteiger partial charge in [0.2, 0.25) is 5.91 Å². The number of nitrogens with zero attached hydrogens (tertiary/aromatic N) is 4. The zero-order chi connectivity index (χ0) is 21.1. The van der Waals surface area contributed by atoms with Crippen molar-refractivity contribution in [2.24, 2.45) is 0 Å². The number of anilines is 1. The second kappa shape index (κ2) is 8.76. The Morgan fingerprint density at radius 1 is 0.967 bits per heavy atom. The highest BCUT2D eigenvalue weighted by Gasteiger charge is 2.24. The summed E-state index contributed by atoms with van der Waals surface area (Å²) >= 11 is 6.17. The number of piperazine rings is 1. The number of aryl methyl sites for hydroxylation is 1. The number of aromatic nitrogens is 2. The minimum atomic E-state index is 0.0167. The molecule has 0 atom stereocenters. The lowest BCUT2D eigenvalue weighted by Crippen LogP contribution is -2.48. The maximum absolute atomic E-state index is 12.6. The molecular formula is C24H25ClN4O. The molecule has 0 N–H and O–H groups in total. The second-order valence-electron chi connectivity index (χ2n) is 7.43.